The molecule has 34 heavy (non-hydrogen) atoms. The van der Waals surface area contributed by atoms with E-state index in [2.05, 4.69) is 25.8 Å². The number of amides is 2. The largest absolute Gasteiger partial charge is 0.444 e. The maximum atomic E-state index is 12.4. The summed E-state index contributed by atoms with van der Waals surface area (Å²) in [6.45, 7) is 7.39. The zero-order valence-electron chi connectivity index (χ0n) is 19.6. The van der Waals surface area contributed by atoms with E-state index >= 15 is 0 Å². The molecule has 4 rings (SSSR count). The molecule has 1 saturated heterocycles. The van der Waals surface area contributed by atoms with Crippen molar-refractivity contribution < 1.29 is 14.3 Å². The highest BCUT2D eigenvalue weighted by atomic mass is 32.1. The van der Waals surface area contributed by atoms with Crippen molar-refractivity contribution in [2.75, 3.05) is 18.4 Å². The third kappa shape index (κ3) is 6.34. The fourth-order valence-electron chi connectivity index (χ4n) is 3.72. The Morgan fingerprint density at radius 3 is 2.65 bits per heavy atom. The summed E-state index contributed by atoms with van der Waals surface area (Å²) in [4.78, 5) is 31.3. The summed E-state index contributed by atoms with van der Waals surface area (Å²) in [5, 5.41) is 14.1. The van der Waals surface area contributed by atoms with Crippen LogP contribution in [0.25, 0.3) is 0 Å². The topological polar surface area (TPSA) is 112 Å². The molecular formula is C24H30N6O3S. The third-order valence-corrected chi connectivity index (χ3v) is 6.36. The van der Waals surface area contributed by atoms with Gasteiger partial charge < -0.3 is 20.3 Å². The Bertz CT molecular complexity index is 1110. The molecule has 0 aliphatic carbocycles. The minimum atomic E-state index is -0.490. The van der Waals surface area contributed by atoms with Crippen LogP contribution in [0, 0.1) is 0 Å². The van der Waals surface area contributed by atoms with Crippen LogP contribution in [0.2, 0.25) is 0 Å². The number of nitrogens with one attached hydrogen (secondary N) is 3. The van der Waals surface area contributed by atoms with Gasteiger partial charge in [0.25, 0.3) is 5.91 Å². The van der Waals surface area contributed by atoms with Gasteiger partial charge in [0.2, 0.25) is 0 Å². The number of piperidine rings is 1. The van der Waals surface area contributed by atoms with Crippen molar-refractivity contribution in [2.45, 2.75) is 51.7 Å². The number of likely N-dealkylation sites (tertiary alicyclic amines) is 1. The zero-order valence-corrected chi connectivity index (χ0v) is 20.4. The predicted molar refractivity (Wildman–Crippen MR) is 131 cm³/mol. The number of anilines is 2. The molecule has 0 unspecified atom stereocenters. The molecule has 2 amide bonds. The highest BCUT2D eigenvalue weighted by Gasteiger charge is 2.28. The molecule has 3 N–H and O–H groups in total. The second kappa shape index (κ2) is 10.3. The molecule has 2 aromatic heterocycles. The average molecular weight is 483 g/mol. The van der Waals surface area contributed by atoms with Gasteiger partial charge in [0.1, 0.15) is 10.5 Å². The van der Waals surface area contributed by atoms with Gasteiger partial charge in [0.15, 0.2) is 10.9 Å². The predicted octanol–water partition coefficient (Wildman–Crippen LogP) is 4.65. The molecule has 1 fully saturated rings. The third-order valence-electron chi connectivity index (χ3n) is 5.44. The fraction of sp³-hybridized carbons (Fsp3) is 0.417. The molecule has 0 spiro atoms. The summed E-state index contributed by atoms with van der Waals surface area (Å²) >= 11 is 1.28. The molecule has 1 aromatic carbocycles. The lowest BCUT2D eigenvalue weighted by atomic mass is 9.94. The lowest BCUT2D eigenvalue weighted by Gasteiger charge is -2.33. The van der Waals surface area contributed by atoms with Crippen molar-refractivity contribution in [2.24, 2.45) is 0 Å². The number of thiazole rings is 1. The van der Waals surface area contributed by atoms with E-state index in [1.807, 2.05) is 57.2 Å². The number of hydrogen-bond acceptors (Lipinski definition) is 7. The van der Waals surface area contributed by atoms with Crippen molar-refractivity contribution in [1.82, 2.24) is 25.4 Å². The SMILES string of the molecule is CC(C)(C)OC(=O)N1CCC(c2cc(Nc3ncc(C(=O)NCc4ccccc4)s3)n[nH]2)CC1. The average Bonchev–Trinajstić information content (AvgIpc) is 3.47. The first-order chi connectivity index (χ1) is 16.3. The molecule has 0 bridgehead atoms. The Kier molecular flexibility index (Phi) is 7.16. The van der Waals surface area contributed by atoms with Gasteiger partial charge in [-0.05, 0) is 39.2 Å². The van der Waals surface area contributed by atoms with Crippen LogP contribution in [0.5, 0.6) is 0 Å². The Morgan fingerprint density at radius 2 is 1.94 bits per heavy atom. The summed E-state index contributed by atoms with van der Waals surface area (Å²) in [7, 11) is 0. The molecule has 0 radical (unpaired) electrons. The standard InChI is InChI=1S/C24H30N6O3S/c1-24(2,3)33-23(32)30-11-9-17(10-12-30)18-13-20(29-28-18)27-22-26-15-19(34-22)21(31)25-14-16-7-5-4-6-8-16/h4-8,13,15,17H,9-12,14H2,1-3H3,(H,25,31)(H2,26,27,28,29). The van der Waals surface area contributed by atoms with E-state index in [1.165, 1.54) is 11.3 Å². The maximum Gasteiger partial charge on any atom is 0.410 e. The minimum Gasteiger partial charge on any atom is -0.444 e. The first-order valence-electron chi connectivity index (χ1n) is 11.3. The number of nitrogens with zero attached hydrogens (tertiary/aromatic N) is 3. The van der Waals surface area contributed by atoms with Crippen LogP contribution in [0.1, 0.15) is 60.5 Å². The zero-order chi connectivity index (χ0) is 24.1. The molecule has 0 atom stereocenters. The van der Waals surface area contributed by atoms with Crippen molar-refractivity contribution in [1.29, 1.82) is 0 Å². The highest BCUT2D eigenvalue weighted by Crippen LogP contribution is 2.30. The number of carbonyl (C=O) groups excluding carboxylic acids is 2. The van der Waals surface area contributed by atoms with Gasteiger partial charge in [-0.15, -0.1) is 0 Å². The molecule has 1 aliphatic rings. The van der Waals surface area contributed by atoms with Gasteiger partial charge in [-0.1, -0.05) is 41.7 Å². The number of H-pyrrole nitrogens is 1. The van der Waals surface area contributed by atoms with Crippen molar-refractivity contribution in [3.05, 3.63) is 58.7 Å². The molecule has 10 heteroatoms. The number of hydrogen-bond donors (Lipinski definition) is 3. The van der Waals surface area contributed by atoms with Crippen LogP contribution in [0.3, 0.4) is 0 Å². The van der Waals surface area contributed by atoms with E-state index in [-0.39, 0.29) is 17.9 Å². The van der Waals surface area contributed by atoms with E-state index in [4.69, 9.17) is 4.74 Å². The quantitative estimate of drug-likeness (QED) is 0.471. The van der Waals surface area contributed by atoms with Gasteiger partial charge >= 0.3 is 6.09 Å². The normalized spacial score (nSPS) is 14.6. The first kappa shape index (κ1) is 23.7. The van der Waals surface area contributed by atoms with E-state index < -0.39 is 5.60 Å². The van der Waals surface area contributed by atoms with Gasteiger partial charge in [0, 0.05) is 37.3 Å². The maximum absolute atomic E-state index is 12.4. The lowest BCUT2D eigenvalue weighted by molar-refractivity contribution is 0.0204. The van der Waals surface area contributed by atoms with Crippen molar-refractivity contribution in [3.8, 4) is 0 Å². The number of aromatic amines is 1. The summed E-state index contributed by atoms with van der Waals surface area (Å²) in [5.41, 5.74) is 1.57. The molecule has 9 nitrogen and oxygen atoms in total. The summed E-state index contributed by atoms with van der Waals surface area (Å²) < 4.78 is 5.47. The molecule has 3 heterocycles. The van der Waals surface area contributed by atoms with Gasteiger partial charge in [0.05, 0.1) is 6.20 Å². The van der Waals surface area contributed by atoms with Crippen LogP contribution in [0.15, 0.2) is 42.6 Å². The van der Waals surface area contributed by atoms with Crippen LogP contribution in [0.4, 0.5) is 15.7 Å². The van der Waals surface area contributed by atoms with E-state index in [9.17, 15) is 9.59 Å². The number of rotatable bonds is 6. The molecule has 0 saturated carbocycles. The minimum absolute atomic E-state index is 0.158. The molecule has 180 valence electrons. The highest BCUT2D eigenvalue weighted by molar-refractivity contribution is 7.17. The van der Waals surface area contributed by atoms with Gasteiger partial charge in [-0.2, -0.15) is 5.10 Å². The Morgan fingerprint density at radius 1 is 1.21 bits per heavy atom. The Hall–Kier alpha value is -3.40. The molecule has 3 aromatic rings. The second-order valence-electron chi connectivity index (χ2n) is 9.27. The van der Waals surface area contributed by atoms with E-state index in [0.29, 0.717) is 35.5 Å². The van der Waals surface area contributed by atoms with Crippen molar-refractivity contribution in [3.63, 3.8) is 0 Å². The molecular weight excluding hydrogens is 452 g/mol. The van der Waals surface area contributed by atoms with Crippen LogP contribution in [-0.4, -0.2) is 50.8 Å². The van der Waals surface area contributed by atoms with E-state index in [1.54, 1.807) is 11.1 Å². The number of carbonyl (C=O) groups is 2. The number of benzene rings is 1. The summed E-state index contributed by atoms with van der Waals surface area (Å²) in [6.07, 6.45) is 2.98. The fourth-order valence-corrected chi connectivity index (χ4v) is 4.46. The number of aromatic nitrogens is 3. The van der Waals surface area contributed by atoms with Crippen LogP contribution < -0.4 is 10.6 Å². The summed E-state index contributed by atoms with van der Waals surface area (Å²) in [5.74, 6) is 0.779. The van der Waals surface area contributed by atoms with Crippen LogP contribution >= 0.6 is 11.3 Å². The second-order valence-corrected chi connectivity index (χ2v) is 10.3. The first-order valence-corrected chi connectivity index (χ1v) is 12.2. The Balaban J connectivity index is 1.27. The Labute approximate surface area is 202 Å². The van der Waals surface area contributed by atoms with E-state index in [0.717, 1.165) is 24.1 Å². The summed E-state index contributed by atoms with van der Waals surface area (Å²) in [6, 6.07) is 11.7. The lowest BCUT2D eigenvalue weighted by Crippen LogP contribution is -2.41. The van der Waals surface area contributed by atoms with Crippen LogP contribution in [-0.2, 0) is 11.3 Å². The smallest absolute Gasteiger partial charge is 0.410 e. The molecule has 1 aliphatic heterocycles. The van der Waals surface area contributed by atoms with Gasteiger partial charge in [-0.3, -0.25) is 9.89 Å². The van der Waals surface area contributed by atoms with Crippen molar-refractivity contribution >= 4 is 34.3 Å². The van der Waals surface area contributed by atoms with Gasteiger partial charge in [-0.25, -0.2) is 9.78 Å². The number of ether oxygens (including phenoxy) is 1. The monoisotopic (exact) mass is 482 g/mol.